The number of thiazole rings is 1. The maximum absolute atomic E-state index is 12.0. The van der Waals surface area contributed by atoms with Gasteiger partial charge in [-0.3, -0.25) is 20.2 Å². The van der Waals surface area contributed by atoms with Crippen LogP contribution in [0.5, 0.6) is 0 Å². The minimum Gasteiger partial charge on any atom is -0.462 e. The van der Waals surface area contributed by atoms with Gasteiger partial charge in [0.2, 0.25) is 5.91 Å². The van der Waals surface area contributed by atoms with Gasteiger partial charge < -0.3 is 4.42 Å². The van der Waals surface area contributed by atoms with Gasteiger partial charge in [0.15, 0.2) is 5.13 Å². The number of hydrogen-bond acceptors (Lipinski definition) is 6. The Morgan fingerprint density at radius 1 is 1.31 bits per heavy atom. The average molecular weight is 369 g/mol. The zero-order chi connectivity index (χ0) is 18.7. The van der Waals surface area contributed by atoms with Gasteiger partial charge in [0.1, 0.15) is 11.5 Å². The third-order valence-electron chi connectivity index (χ3n) is 3.60. The third kappa shape index (κ3) is 4.04. The van der Waals surface area contributed by atoms with Gasteiger partial charge in [-0.1, -0.05) is 12.1 Å². The molecule has 0 saturated carbocycles. The number of aryl methyl sites for hydroxylation is 2. The Hall–Kier alpha value is -3.26. The van der Waals surface area contributed by atoms with Crippen molar-refractivity contribution in [2.75, 3.05) is 5.32 Å². The van der Waals surface area contributed by atoms with Gasteiger partial charge in [-0.15, -0.1) is 11.3 Å². The lowest BCUT2D eigenvalue weighted by atomic mass is 10.1. The van der Waals surface area contributed by atoms with E-state index in [-0.39, 0.29) is 11.6 Å². The van der Waals surface area contributed by atoms with Crippen molar-refractivity contribution < 1.29 is 14.1 Å². The Kier molecular flexibility index (Phi) is 4.94. The molecule has 8 heteroatoms. The molecule has 0 atom stereocenters. The summed E-state index contributed by atoms with van der Waals surface area (Å²) in [6, 6.07) is 8.51. The standard InChI is InChI=1S/C18H15N3O4S/c1-11-3-5-13(9-16(11)21(23)24)15-10-26-18(19-15)20-17(22)8-7-14-6-4-12(2)25-14/h3-10H,1-2H3,(H,19,20,22)/b8-7+. The van der Waals surface area contributed by atoms with Crippen molar-refractivity contribution in [3.8, 4) is 11.3 Å². The molecule has 1 N–H and O–H groups in total. The van der Waals surface area contributed by atoms with E-state index in [2.05, 4.69) is 10.3 Å². The summed E-state index contributed by atoms with van der Waals surface area (Å²) in [5, 5.41) is 15.9. The number of anilines is 1. The van der Waals surface area contributed by atoms with Crippen molar-refractivity contribution in [3.05, 3.63) is 69.0 Å². The number of hydrogen-bond donors (Lipinski definition) is 1. The number of nitrogens with zero attached hydrogens (tertiary/aromatic N) is 2. The molecule has 26 heavy (non-hydrogen) atoms. The normalized spacial score (nSPS) is 11.0. The zero-order valence-corrected chi connectivity index (χ0v) is 14.9. The van der Waals surface area contributed by atoms with Crippen molar-refractivity contribution >= 4 is 34.1 Å². The lowest BCUT2D eigenvalue weighted by molar-refractivity contribution is -0.385. The molecule has 0 spiro atoms. The topological polar surface area (TPSA) is 98.3 Å². The second-order valence-corrected chi connectivity index (χ2v) is 6.43. The Morgan fingerprint density at radius 2 is 2.12 bits per heavy atom. The lowest BCUT2D eigenvalue weighted by Gasteiger charge is -2.00. The summed E-state index contributed by atoms with van der Waals surface area (Å²) < 4.78 is 5.35. The summed E-state index contributed by atoms with van der Waals surface area (Å²) in [6.45, 7) is 3.51. The molecular formula is C18H15N3O4S. The number of nitrogens with one attached hydrogen (secondary N) is 1. The van der Waals surface area contributed by atoms with E-state index in [0.29, 0.717) is 27.7 Å². The van der Waals surface area contributed by atoms with Crippen molar-refractivity contribution in [2.24, 2.45) is 0 Å². The first kappa shape index (κ1) is 17.6. The summed E-state index contributed by atoms with van der Waals surface area (Å²) in [7, 11) is 0. The Labute approximate surface area is 153 Å². The van der Waals surface area contributed by atoms with Crippen molar-refractivity contribution in [1.82, 2.24) is 4.98 Å². The largest absolute Gasteiger partial charge is 0.462 e. The molecule has 0 radical (unpaired) electrons. The average Bonchev–Trinajstić information content (AvgIpc) is 3.22. The monoisotopic (exact) mass is 369 g/mol. The maximum atomic E-state index is 12.0. The maximum Gasteiger partial charge on any atom is 0.272 e. The number of nitro benzene ring substituents is 1. The van der Waals surface area contributed by atoms with Crippen LogP contribution in [0.25, 0.3) is 17.3 Å². The van der Waals surface area contributed by atoms with Crippen LogP contribution in [-0.2, 0) is 4.79 Å². The van der Waals surface area contributed by atoms with Crippen LogP contribution >= 0.6 is 11.3 Å². The molecule has 0 aliphatic heterocycles. The van der Waals surface area contributed by atoms with E-state index in [1.807, 2.05) is 13.0 Å². The summed E-state index contributed by atoms with van der Waals surface area (Å²) in [5.41, 5.74) is 1.82. The minimum absolute atomic E-state index is 0.0396. The highest BCUT2D eigenvalue weighted by Crippen LogP contribution is 2.29. The van der Waals surface area contributed by atoms with Crippen molar-refractivity contribution in [1.29, 1.82) is 0 Å². The van der Waals surface area contributed by atoms with E-state index in [4.69, 9.17) is 4.42 Å². The van der Waals surface area contributed by atoms with E-state index < -0.39 is 4.92 Å². The SMILES string of the molecule is Cc1ccc(/C=C/C(=O)Nc2nc(-c3ccc(C)c([N+](=O)[O-])c3)cs2)o1. The van der Waals surface area contributed by atoms with Crippen LogP contribution in [0, 0.1) is 24.0 Å². The summed E-state index contributed by atoms with van der Waals surface area (Å²) >= 11 is 1.25. The highest BCUT2D eigenvalue weighted by Gasteiger charge is 2.14. The lowest BCUT2D eigenvalue weighted by Crippen LogP contribution is -2.07. The number of carbonyl (C=O) groups is 1. The fourth-order valence-corrected chi connectivity index (χ4v) is 3.00. The van der Waals surface area contributed by atoms with Crippen LogP contribution < -0.4 is 5.32 Å². The first-order valence-corrected chi connectivity index (χ1v) is 8.57. The second-order valence-electron chi connectivity index (χ2n) is 5.57. The van der Waals surface area contributed by atoms with Crippen LogP contribution in [0.2, 0.25) is 0 Å². The van der Waals surface area contributed by atoms with Crippen LogP contribution in [0.1, 0.15) is 17.1 Å². The number of amides is 1. The Balaban J connectivity index is 1.72. The molecule has 3 rings (SSSR count). The smallest absolute Gasteiger partial charge is 0.272 e. The van der Waals surface area contributed by atoms with Gasteiger partial charge >= 0.3 is 0 Å². The summed E-state index contributed by atoms with van der Waals surface area (Å²) in [6.07, 6.45) is 2.93. The van der Waals surface area contributed by atoms with Crippen LogP contribution in [0.4, 0.5) is 10.8 Å². The van der Waals surface area contributed by atoms with Crippen molar-refractivity contribution in [2.45, 2.75) is 13.8 Å². The minimum atomic E-state index is -0.422. The van der Waals surface area contributed by atoms with Crippen LogP contribution in [0.3, 0.4) is 0 Å². The predicted octanol–water partition coefficient (Wildman–Crippen LogP) is 4.58. The van der Waals surface area contributed by atoms with Gasteiger partial charge in [-0.25, -0.2) is 4.98 Å². The number of benzene rings is 1. The van der Waals surface area contributed by atoms with E-state index in [1.165, 1.54) is 23.5 Å². The first-order valence-electron chi connectivity index (χ1n) is 7.69. The molecule has 0 bridgehead atoms. The van der Waals surface area contributed by atoms with Crippen LogP contribution in [-0.4, -0.2) is 15.8 Å². The zero-order valence-electron chi connectivity index (χ0n) is 14.1. The fourth-order valence-electron chi connectivity index (χ4n) is 2.28. The molecule has 0 fully saturated rings. The van der Waals surface area contributed by atoms with Gasteiger partial charge in [0.25, 0.3) is 5.69 Å². The summed E-state index contributed by atoms with van der Waals surface area (Å²) in [5.74, 6) is 1.01. The number of rotatable bonds is 5. The molecule has 3 aromatic rings. The molecule has 132 valence electrons. The predicted molar refractivity (Wildman–Crippen MR) is 100 cm³/mol. The molecular weight excluding hydrogens is 354 g/mol. The Morgan fingerprint density at radius 3 is 2.81 bits per heavy atom. The number of aromatic nitrogens is 1. The quantitative estimate of drug-likeness (QED) is 0.403. The van der Waals surface area contributed by atoms with E-state index in [9.17, 15) is 14.9 Å². The van der Waals surface area contributed by atoms with E-state index in [0.717, 1.165) is 5.76 Å². The molecule has 2 heterocycles. The van der Waals surface area contributed by atoms with E-state index >= 15 is 0 Å². The van der Waals surface area contributed by atoms with Gasteiger partial charge in [0.05, 0.1) is 10.6 Å². The second kappa shape index (κ2) is 7.32. The fraction of sp³-hybridized carbons (Fsp3) is 0.111. The molecule has 2 aromatic heterocycles. The molecule has 0 aliphatic rings. The molecule has 7 nitrogen and oxygen atoms in total. The van der Waals surface area contributed by atoms with Gasteiger partial charge in [0, 0.05) is 28.6 Å². The van der Waals surface area contributed by atoms with Gasteiger partial charge in [-0.2, -0.15) is 0 Å². The molecule has 0 saturated heterocycles. The van der Waals surface area contributed by atoms with Crippen molar-refractivity contribution in [3.63, 3.8) is 0 Å². The molecule has 0 aliphatic carbocycles. The molecule has 1 aromatic carbocycles. The number of nitro groups is 1. The van der Waals surface area contributed by atoms with Crippen LogP contribution in [0.15, 0.2) is 46.2 Å². The number of carbonyl (C=O) groups excluding carboxylic acids is 1. The highest BCUT2D eigenvalue weighted by atomic mass is 32.1. The van der Waals surface area contributed by atoms with Gasteiger partial charge in [-0.05, 0) is 32.1 Å². The highest BCUT2D eigenvalue weighted by molar-refractivity contribution is 7.14. The third-order valence-corrected chi connectivity index (χ3v) is 4.35. The Bertz CT molecular complexity index is 1000. The molecule has 0 unspecified atom stereocenters. The summed E-state index contributed by atoms with van der Waals surface area (Å²) in [4.78, 5) is 26.9. The first-order chi connectivity index (χ1) is 12.4. The van der Waals surface area contributed by atoms with E-state index in [1.54, 1.807) is 36.6 Å². The molecule has 1 amide bonds. The number of furan rings is 1.